The molecule has 20 heavy (non-hydrogen) atoms. The predicted octanol–water partition coefficient (Wildman–Crippen LogP) is 1.09. The number of carbonyl (C=O) groups excluding carboxylic acids is 2. The summed E-state index contributed by atoms with van der Waals surface area (Å²) in [5.74, 6) is -0.402. The lowest BCUT2D eigenvalue weighted by molar-refractivity contribution is -0.128. The van der Waals surface area contributed by atoms with Gasteiger partial charge in [-0.1, -0.05) is 11.3 Å². The Morgan fingerprint density at radius 3 is 2.90 bits per heavy atom. The average molecular weight is 292 g/mol. The van der Waals surface area contributed by atoms with Crippen molar-refractivity contribution in [3.8, 4) is 0 Å². The fraction of sp³-hybridized carbons (Fsp3) is 0.308. The van der Waals surface area contributed by atoms with Crippen LogP contribution in [0.25, 0.3) is 10.2 Å². The zero-order valence-electron chi connectivity index (χ0n) is 11.3. The number of nitrogens with zero attached hydrogens (tertiary/aromatic N) is 2. The van der Waals surface area contributed by atoms with Crippen LogP contribution < -0.4 is 11.1 Å². The largest absolute Gasteiger partial charge is 0.375 e. The summed E-state index contributed by atoms with van der Waals surface area (Å²) in [4.78, 5) is 29.3. The van der Waals surface area contributed by atoms with Gasteiger partial charge in [-0.2, -0.15) is 0 Å². The van der Waals surface area contributed by atoms with Gasteiger partial charge in [-0.3, -0.25) is 9.59 Å². The van der Waals surface area contributed by atoms with Crippen molar-refractivity contribution in [3.05, 3.63) is 23.8 Å². The number of nitrogens with two attached hydrogens (primary N) is 1. The zero-order chi connectivity index (χ0) is 14.7. The van der Waals surface area contributed by atoms with Crippen molar-refractivity contribution in [2.24, 2.45) is 0 Å². The van der Waals surface area contributed by atoms with Crippen molar-refractivity contribution in [2.75, 3.05) is 25.9 Å². The number of nitrogens with one attached hydrogen (secondary N) is 1. The molecule has 2 aromatic rings. The maximum atomic E-state index is 12.0. The molecule has 7 heteroatoms. The molecule has 0 spiro atoms. The van der Waals surface area contributed by atoms with E-state index >= 15 is 0 Å². The van der Waals surface area contributed by atoms with E-state index < -0.39 is 0 Å². The highest BCUT2D eigenvalue weighted by molar-refractivity contribution is 7.22. The van der Waals surface area contributed by atoms with Crippen molar-refractivity contribution < 1.29 is 9.59 Å². The highest BCUT2D eigenvalue weighted by atomic mass is 32.1. The van der Waals surface area contributed by atoms with Crippen molar-refractivity contribution in [1.29, 1.82) is 0 Å². The minimum atomic E-state index is -0.281. The third kappa shape index (κ3) is 3.05. The Bertz CT molecular complexity index is 653. The molecule has 0 saturated heterocycles. The van der Waals surface area contributed by atoms with E-state index in [1.54, 1.807) is 30.1 Å². The van der Waals surface area contributed by atoms with Crippen LogP contribution in [0.1, 0.15) is 17.3 Å². The van der Waals surface area contributed by atoms with Crippen molar-refractivity contribution >= 4 is 38.5 Å². The standard InChI is InChI=1S/C13H16N4O2S/c1-3-17(2)11(18)7-15-12(19)8-4-5-9-10(6-8)20-13(14)16-9/h4-6H,3,7H2,1-2H3,(H2,14,16)(H,15,19). The molecule has 0 aliphatic heterocycles. The first-order chi connectivity index (χ1) is 9.51. The number of nitrogen functional groups attached to an aromatic ring is 1. The number of hydrogen-bond donors (Lipinski definition) is 2. The Kier molecular flexibility index (Phi) is 4.19. The van der Waals surface area contributed by atoms with Gasteiger partial charge in [0.2, 0.25) is 5.91 Å². The molecule has 0 aliphatic rings. The van der Waals surface area contributed by atoms with E-state index in [2.05, 4.69) is 10.3 Å². The minimum Gasteiger partial charge on any atom is -0.375 e. The molecule has 0 unspecified atom stereocenters. The molecule has 0 saturated carbocycles. The minimum absolute atomic E-state index is 0.00790. The normalized spacial score (nSPS) is 10.5. The molecule has 0 radical (unpaired) electrons. The predicted molar refractivity (Wildman–Crippen MR) is 79.7 cm³/mol. The number of hydrogen-bond acceptors (Lipinski definition) is 5. The first-order valence-corrected chi connectivity index (χ1v) is 7.01. The molecule has 0 bridgehead atoms. The van der Waals surface area contributed by atoms with Crippen LogP contribution in [0.15, 0.2) is 18.2 Å². The van der Waals surface area contributed by atoms with E-state index in [0.29, 0.717) is 17.2 Å². The summed E-state index contributed by atoms with van der Waals surface area (Å²) in [5.41, 5.74) is 6.88. The summed E-state index contributed by atoms with van der Waals surface area (Å²) in [5, 5.41) is 3.08. The summed E-state index contributed by atoms with van der Waals surface area (Å²) in [7, 11) is 1.70. The second kappa shape index (κ2) is 5.87. The van der Waals surface area contributed by atoms with Gasteiger partial charge >= 0.3 is 0 Å². The number of rotatable bonds is 4. The molecule has 106 valence electrons. The number of aromatic nitrogens is 1. The molecule has 0 atom stereocenters. The van der Waals surface area contributed by atoms with Crippen LogP contribution in [0.3, 0.4) is 0 Å². The molecular formula is C13H16N4O2S. The topological polar surface area (TPSA) is 88.3 Å². The van der Waals surface area contributed by atoms with E-state index in [-0.39, 0.29) is 18.4 Å². The Morgan fingerprint density at radius 1 is 1.45 bits per heavy atom. The lowest BCUT2D eigenvalue weighted by Crippen LogP contribution is -2.37. The molecule has 0 fully saturated rings. The lowest BCUT2D eigenvalue weighted by Gasteiger charge is -2.14. The molecule has 1 aromatic carbocycles. The molecule has 6 nitrogen and oxygen atoms in total. The van der Waals surface area contributed by atoms with Crippen LogP contribution >= 0.6 is 11.3 Å². The number of thiazole rings is 1. The van der Waals surface area contributed by atoms with E-state index in [9.17, 15) is 9.59 Å². The molecule has 2 amide bonds. The highest BCUT2D eigenvalue weighted by Gasteiger charge is 2.11. The SMILES string of the molecule is CCN(C)C(=O)CNC(=O)c1ccc2nc(N)sc2c1. The summed E-state index contributed by atoms with van der Waals surface area (Å²) in [6, 6.07) is 5.15. The molecule has 1 heterocycles. The zero-order valence-corrected chi connectivity index (χ0v) is 12.2. The van der Waals surface area contributed by atoms with Crippen LogP contribution in [0.5, 0.6) is 0 Å². The smallest absolute Gasteiger partial charge is 0.251 e. The van der Waals surface area contributed by atoms with Gasteiger partial charge in [-0.25, -0.2) is 4.98 Å². The summed E-state index contributed by atoms with van der Waals surface area (Å²) in [6.45, 7) is 2.48. The quantitative estimate of drug-likeness (QED) is 0.883. The second-order valence-corrected chi connectivity index (χ2v) is 5.39. The Hall–Kier alpha value is -2.15. The lowest BCUT2D eigenvalue weighted by atomic mass is 10.2. The van der Waals surface area contributed by atoms with Gasteiger partial charge in [0.1, 0.15) is 0 Å². The first-order valence-electron chi connectivity index (χ1n) is 6.19. The molecule has 2 rings (SSSR count). The van der Waals surface area contributed by atoms with E-state index in [4.69, 9.17) is 5.73 Å². The number of likely N-dealkylation sites (N-methyl/N-ethyl adjacent to an activating group) is 1. The van der Waals surface area contributed by atoms with Crippen LogP contribution in [-0.2, 0) is 4.79 Å². The summed E-state index contributed by atoms with van der Waals surface area (Å²) >= 11 is 1.33. The third-order valence-corrected chi connectivity index (χ3v) is 3.81. The van der Waals surface area contributed by atoms with Crippen LogP contribution in [-0.4, -0.2) is 41.8 Å². The maximum Gasteiger partial charge on any atom is 0.251 e. The van der Waals surface area contributed by atoms with Gasteiger partial charge in [0, 0.05) is 19.2 Å². The van der Waals surface area contributed by atoms with Gasteiger partial charge in [0.15, 0.2) is 5.13 Å². The van der Waals surface area contributed by atoms with Gasteiger partial charge in [0.25, 0.3) is 5.91 Å². The molecular weight excluding hydrogens is 276 g/mol. The number of anilines is 1. The van der Waals surface area contributed by atoms with E-state index in [0.717, 1.165) is 10.2 Å². The summed E-state index contributed by atoms with van der Waals surface area (Å²) < 4.78 is 0.854. The molecule has 1 aromatic heterocycles. The molecule has 0 aliphatic carbocycles. The van der Waals surface area contributed by atoms with Crippen LogP contribution in [0.2, 0.25) is 0 Å². The van der Waals surface area contributed by atoms with Crippen LogP contribution in [0, 0.1) is 0 Å². The fourth-order valence-corrected chi connectivity index (χ4v) is 2.43. The fourth-order valence-electron chi connectivity index (χ4n) is 1.65. The van der Waals surface area contributed by atoms with Crippen LogP contribution in [0.4, 0.5) is 5.13 Å². The van der Waals surface area contributed by atoms with Crippen molar-refractivity contribution in [3.63, 3.8) is 0 Å². The Labute approximate surface area is 120 Å². The van der Waals surface area contributed by atoms with Gasteiger partial charge in [-0.05, 0) is 25.1 Å². The van der Waals surface area contributed by atoms with E-state index in [1.807, 2.05) is 6.92 Å². The second-order valence-electron chi connectivity index (χ2n) is 4.33. The highest BCUT2D eigenvalue weighted by Crippen LogP contribution is 2.24. The van der Waals surface area contributed by atoms with Gasteiger partial charge < -0.3 is 16.0 Å². The number of fused-ring (bicyclic) bond motifs is 1. The maximum absolute atomic E-state index is 12.0. The third-order valence-electron chi connectivity index (χ3n) is 2.97. The van der Waals surface area contributed by atoms with Crippen molar-refractivity contribution in [2.45, 2.75) is 6.92 Å². The van der Waals surface area contributed by atoms with Gasteiger partial charge in [0.05, 0.1) is 16.8 Å². The summed E-state index contributed by atoms with van der Waals surface area (Å²) in [6.07, 6.45) is 0. The van der Waals surface area contributed by atoms with E-state index in [1.165, 1.54) is 11.3 Å². The number of carbonyl (C=O) groups is 2. The number of amides is 2. The molecule has 3 N–H and O–H groups in total. The number of benzene rings is 1. The monoisotopic (exact) mass is 292 g/mol. The Morgan fingerprint density at radius 2 is 2.20 bits per heavy atom. The van der Waals surface area contributed by atoms with Crippen molar-refractivity contribution in [1.82, 2.24) is 15.2 Å². The van der Waals surface area contributed by atoms with Gasteiger partial charge in [-0.15, -0.1) is 0 Å². The first kappa shape index (κ1) is 14.3. The Balaban J connectivity index is 2.05. The average Bonchev–Trinajstić information content (AvgIpc) is 2.82.